The van der Waals surface area contributed by atoms with Gasteiger partial charge in [-0.3, -0.25) is 9.78 Å². The molecular formula is C17H16ClNO2. The molecular weight excluding hydrogens is 286 g/mol. The van der Waals surface area contributed by atoms with Gasteiger partial charge < -0.3 is 4.74 Å². The van der Waals surface area contributed by atoms with Crippen molar-refractivity contribution < 1.29 is 9.53 Å². The maximum absolute atomic E-state index is 12.2. The number of hydrogen-bond acceptors (Lipinski definition) is 3. The Bertz CT molecular complexity index is 655. The Kier molecular flexibility index (Phi) is 4.20. The van der Waals surface area contributed by atoms with E-state index in [2.05, 4.69) is 4.98 Å². The summed E-state index contributed by atoms with van der Waals surface area (Å²) >= 11 is 6.11. The van der Waals surface area contributed by atoms with Crippen molar-refractivity contribution in [3.63, 3.8) is 0 Å². The zero-order valence-corrected chi connectivity index (χ0v) is 12.4. The lowest BCUT2D eigenvalue weighted by Crippen LogP contribution is -2.06. The van der Waals surface area contributed by atoms with Gasteiger partial charge in [-0.2, -0.15) is 0 Å². The van der Waals surface area contributed by atoms with E-state index in [4.69, 9.17) is 16.3 Å². The minimum Gasteiger partial charge on any atom is -0.493 e. The van der Waals surface area contributed by atoms with Crippen molar-refractivity contribution >= 4 is 17.4 Å². The largest absolute Gasteiger partial charge is 0.493 e. The van der Waals surface area contributed by atoms with E-state index in [0.29, 0.717) is 24.5 Å². The minimum absolute atomic E-state index is 0.193. The van der Waals surface area contributed by atoms with E-state index < -0.39 is 0 Å². The number of rotatable bonds is 5. The first kappa shape index (κ1) is 14.1. The standard InChI is InChI=1S/C17H16ClNO2/c18-15-8-13-5-7-21-17(13)14(9-15)10-16(20)4-3-12-2-1-6-19-11-12/h1-2,6,8-9,11H,3-5,7,10H2. The van der Waals surface area contributed by atoms with E-state index in [1.54, 1.807) is 12.4 Å². The lowest BCUT2D eigenvalue weighted by atomic mass is 10.0. The van der Waals surface area contributed by atoms with Gasteiger partial charge in [0.15, 0.2) is 0 Å². The lowest BCUT2D eigenvalue weighted by molar-refractivity contribution is -0.118. The number of nitrogens with zero attached hydrogens (tertiary/aromatic N) is 1. The topological polar surface area (TPSA) is 39.2 Å². The minimum atomic E-state index is 0.193. The van der Waals surface area contributed by atoms with Gasteiger partial charge in [0.1, 0.15) is 11.5 Å². The average molecular weight is 302 g/mol. The summed E-state index contributed by atoms with van der Waals surface area (Å²) in [6, 6.07) is 7.64. The molecule has 1 aromatic carbocycles. The normalized spacial score (nSPS) is 12.8. The first-order chi connectivity index (χ1) is 10.2. The van der Waals surface area contributed by atoms with Gasteiger partial charge in [-0.1, -0.05) is 17.7 Å². The van der Waals surface area contributed by atoms with Gasteiger partial charge in [-0.15, -0.1) is 0 Å². The van der Waals surface area contributed by atoms with E-state index in [9.17, 15) is 4.79 Å². The van der Waals surface area contributed by atoms with E-state index in [-0.39, 0.29) is 5.78 Å². The molecule has 0 saturated carbocycles. The first-order valence-electron chi connectivity index (χ1n) is 7.07. The number of ketones is 1. The van der Waals surface area contributed by atoms with Gasteiger partial charge in [-0.25, -0.2) is 0 Å². The van der Waals surface area contributed by atoms with Gasteiger partial charge in [0.25, 0.3) is 0 Å². The molecule has 1 aromatic heterocycles. The van der Waals surface area contributed by atoms with Crippen LogP contribution in [-0.4, -0.2) is 17.4 Å². The molecule has 3 rings (SSSR count). The fraction of sp³-hybridized carbons (Fsp3) is 0.294. The summed E-state index contributed by atoms with van der Waals surface area (Å²) in [6.45, 7) is 0.673. The van der Waals surface area contributed by atoms with Crippen LogP contribution in [0.3, 0.4) is 0 Å². The third kappa shape index (κ3) is 3.42. The average Bonchev–Trinajstić information content (AvgIpc) is 2.94. The Hall–Kier alpha value is -1.87. The molecule has 108 valence electrons. The third-order valence-corrected chi connectivity index (χ3v) is 3.85. The van der Waals surface area contributed by atoms with Crippen molar-refractivity contribution in [2.45, 2.75) is 25.7 Å². The number of halogens is 1. The fourth-order valence-electron chi connectivity index (χ4n) is 2.61. The van der Waals surface area contributed by atoms with Crippen LogP contribution >= 0.6 is 11.6 Å². The Balaban J connectivity index is 1.65. The van der Waals surface area contributed by atoms with Crippen LogP contribution in [0.1, 0.15) is 23.1 Å². The highest BCUT2D eigenvalue weighted by atomic mass is 35.5. The number of hydrogen-bond donors (Lipinski definition) is 0. The lowest BCUT2D eigenvalue weighted by Gasteiger charge is -2.08. The van der Waals surface area contributed by atoms with Crippen LogP contribution in [0.25, 0.3) is 0 Å². The van der Waals surface area contributed by atoms with Gasteiger partial charge in [0.05, 0.1) is 6.61 Å². The van der Waals surface area contributed by atoms with Crippen molar-refractivity contribution in [1.29, 1.82) is 0 Å². The van der Waals surface area contributed by atoms with Crippen molar-refractivity contribution in [3.05, 3.63) is 58.4 Å². The molecule has 0 bridgehead atoms. The number of carbonyl (C=O) groups excluding carboxylic acids is 1. The molecule has 0 unspecified atom stereocenters. The van der Waals surface area contributed by atoms with Gasteiger partial charge in [0.2, 0.25) is 0 Å². The van der Waals surface area contributed by atoms with Crippen LogP contribution in [0.15, 0.2) is 36.7 Å². The quantitative estimate of drug-likeness (QED) is 0.849. The molecule has 0 fully saturated rings. The maximum Gasteiger partial charge on any atom is 0.137 e. The van der Waals surface area contributed by atoms with E-state index in [0.717, 1.165) is 35.3 Å². The predicted octanol–water partition coefficient (Wildman–Crippen LogP) is 3.41. The van der Waals surface area contributed by atoms with Crippen molar-refractivity contribution in [2.24, 2.45) is 0 Å². The van der Waals surface area contributed by atoms with E-state index in [1.807, 2.05) is 24.3 Å². The Morgan fingerprint density at radius 2 is 2.29 bits per heavy atom. The van der Waals surface area contributed by atoms with Gasteiger partial charge in [0, 0.05) is 42.2 Å². The second-order valence-corrected chi connectivity index (χ2v) is 5.66. The van der Waals surface area contributed by atoms with Crippen LogP contribution in [0.5, 0.6) is 5.75 Å². The summed E-state index contributed by atoms with van der Waals surface area (Å²) in [7, 11) is 0. The fourth-order valence-corrected chi connectivity index (χ4v) is 2.87. The summed E-state index contributed by atoms with van der Waals surface area (Å²) in [5.41, 5.74) is 3.10. The highest BCUT2D eigenvalue weighted by Gasteiger charge is 2.19. The maximum atomic E-state index is 12.2. The number of Topliss-reactive ketones (excluding diaryl/α,β-unsaturated/α-hetero) is 1. The number of benzene rings is 1. The number of carbonyl (C=O) groups is 1. The molecule has 0 spiro atoms. The SMILES string of the molecule is O=C(CCc1cccnc1)Cc1cc(Cl)cc2c1OCC2. The van der Waals surface area contributed by atoms with E-state index in [1.165, 1.54) is 0 Å². The summed E-state index contributed by atoms with van der Waals surface area (Å²) in [6.07, 6.45) is 6.00. The van der Waals surface area contributed by atoms with Crippen LogP contribution in [0, 0.1) is 0 Å². The molecule has 0 aliphatic carbocycles. The highest BCUT2D eigenvalue weighted by molar-refractivity contribution is 6.30. The molecule has 0 radical (unpaired) electrons. The molecule has 1 aliphatic heterocycles. The Labute approximate surface area is 128 Å². The van der Waals surface area contributed by atoms with Crippen LogP contribution in [0.2, 0.25) is 5.02 Å². The predicted molar refractivity (Wildman–Crippen MR) is 81.9 cm³/mol. The number of aryl methyl sites for hydroxylation is 1. The van der Waals surface area contributed by atoms with Crippen LogP contribution in [-0.2, 0) is 24.1 Å². The molecule has 2 aromatic rings. The van der Waals surface area contributed by atoms with Crippen molar-refractivity contribution in [2.75, 3.05) is 6.61 Å². The number of aromatic nitrogens is 1. The molecule has 4 heteroatoms. The highest BCUT2D eigenvalue weighted by Crippen LogP contribution is 2.33. The van der Waals surface area contributed by atoms with Crippen molar-refractivity contribution in [1.82, 2.24) is 4.98 Å². The zero-order chi connectivity index (χ0) is 14.7. The second-order valence-electron chi connectivity index (χ2n) is 5.23. The van der Waals surface area contributed by atoms with Gasteiger partial charge in [-0.05, 0) is 35.7 Å². The molecule has 0 saturated heterocycles. The number of ether oxygens (including phenoxy) is 1. The second kappa shape index (κ2) is 6.27. The Morgan fingerprint density at radius 3 is 3.10 bits per heavy atom. The molecule has 2 heterocycles. The smallest absolute Gasteiger partial charge is 0.137 e. The van der Waals surface area contributed by atoms with Crippen LogP contribution < -0.4 is 4.74 Å². The van der Waals surface area contributed by atoms with Crippen LogP contribution in [0.4, 0.5) is 0 Å². The molecule has 21 heavy (non-hydrogen) atoms. The summed E-state index contributed by atoms with van der Waals surface area (Å²) in [5, 5.41) is 0.675. The Morgan fingerprint density at radius 1 is 1.38 bits per heavy atom. The van der Waals surface area contributed by atoms with E-state index >= 15 is 0 Å². The summed E-state index contributed by atoms with van der Waals surface area (Å²) in [4.78, 5) is 16.2. The zero-order valence-electron chi connectivity index (χ0n) is 11.6. The summed E-state index contributed by atoms with van der Waals surface area (Å²) < 4.78 is 5.63. The first-order valence-corrected chi connectivity index (χ1v) is 7.45. The van der Waals surface area contributed by atoms with Gasteiger partial charge >= 0.3 is 0 Å². The number of fused-ring (bicyclic) bond motifs is 1. The molecule has 3 nitrogen and oxygen atoms in total. The number of pyridine rings is 1. The molecule has 1 aliphatic rings. The molecule has 0 amide bonds. The third-order valence-electron chi connectivity index (χ3n) is 3.63. The van der Waals surface area contributed by atoms with Crippen molar-refractivity contribution in [3.8, 4) is 5.75 Å². The monoisotopic (exact) mass is 301 g/mol. The molecule has 0 atom stereocenters. The summed E-state index contributed by atoms with van der Waals surface area (Å²) in [5.74, 6) is 1.05. The molecule has 0 N–H and O–H groups in total.